The van der Waals surface area contributed by atoms with Gasteiger partial charge in [-0.25, -0.2) is 22.7 Å². The molecule has 1 aliphatic heterocycles. The lowest BCUT2D eigenvalue weighted by molar-refractivity contribution is -0.387. The van der Waals surface area contributed by atoms with E-state index in [4.69, 9.17) is 14.2 Å². The maximum atomic E-state index is 14.8. The van der Waals surface area contributed by atoms with E-state index < -0.39 is 79.2 Å². The molecule has 5 atom stereocenters. The summed E-state index contributed by atoms with van der Waals surface area (Å²) in [7, 11) is -3.54. The summed E-state index contributed by atoms with van der Waals surface area (Å²) in [6.07, 6.45) is -0.955. The monoisotopic (exact) mass is 738 g/mol. The van der Waals surface area contributed by atoms with Gasteiger partial charge in [0, 0.05) is 12.6 Å². The van der Waals surface area contributed by atoms with Gasteiger partial charge in [-0.3, -0.25) is 20.2 Å². The molecule has 3 aromatic rings. The third kappa shape index (κ3) is 10.2. The van der Waals surface area contributed by atoms with E-state index in [2.05, 4.69) is 10.0 Å². The Balaban J connectivity index is 1.90. The number of esters is 2. The van der Waals surface area contributed by atoms with E-state index in [-0.39, 0.29) is 25.5 Å². The molecule has 15 heteroatoms. The van der Waals surface area contributed by atoms with E-state index in [0.717, 1.165) is 17.7 Å². The molecule has 280 valence electrons. The van der Waals surface area contributed by atoms with Crippen molar-refractivity contribution in [2.24, 2.45) is 5.92 Å². The summed E-state index contributed by atoms with van der Waals surface area (Å²) in [6.45, 7) is 8.61. The van der Waals surface area contributed by atoms with Gasteiger partial charge in [-0.2, -0.15) is 0 Å². The lowest BCUT2D eigenvalue weighted by Gasteiger charge is -2.46. The molecule has 14 nitrogen and oxygen atoms in total. The van der Waals surface area contributed by atoms with Crippen molar-refractivity contribution in [2.75, 3.05) is 13.7 Å². The third-order valence-corrected chi connectivity index (χ3v) is 9.81. The van der Waals surface area contributed by atoms with Crippen molar-refractivity contribution in [1.82, 2.24) is 14.9 Å². The fourth-order valence-corrected chi connectivity index (χ4v) is 7.41. The summed E-state index contributed by atoms with van der Waals surface area (Å²) in [6, 6.07) is 16.8. The minimum atomic E-state index is -4.72. The molecule has 1 amide bonds. The Kier molecular flexibility index (Phi) is 13.3. The maximum Gasteiger partial charge on any atom is 0.329 e. The van der Waals surface area contributed by atoms with Gasteiger partial charge < -0.3 is 19.1 Å². The number of nitrogens with one attached hydrogen (secondary N) is 2. The SMILES string of the molecule is COC(=O)[C@@H](N[C@H]1C(=O)N([C@@H](CC(C)C)C(=O)OC(C)(C)C)C[C@@H](OCc2ccccc2)[C@@H]1NS(=O)(=O)c1ccccc1[N+](=O)[O-])c1ccccc1. The number of nitro benzene ring substituents is 1. The van der Waals surface area contributed by atoms with Crippen LogP contribution in [0.2, 0.25) is 0 Å². The first-order valence-corrected chi connectivity index (χ1v) is 18.3. The number of para-hydroxylation sites is 1. The van der Waals surface area contributed by atoms with Gasteiger partial charge in [0.25, 0.3) is 5.69 Å². The number of carbonyl (C=O) groups is 3. The first-order chi connectivity index (χ1) is 24.5. The summed E-state index contributed by atoms with van der Waals surface area (Å²) in [5.41, 5.74) is -0.424. The van der Waals surface area contributed by atoms with E-state index in [9.17, 15) is 32.9 Å². The van der Waals surface area contributed by atoms with E-state index in [0.29, 0.717) is 5.56 Å². The zero-order valence-electron chi connectivity index (χ0n) is 30.1. The second kappa shape index (κ2) is 17.2. The van der Waals surface area contributed by atoms with Crippen LogP contribution in [0.5, 0.6) is 0 Å². The molecule has 1 aliphatic rings. The smallest absolute Gasteiger partial charge is 0.329 e. The molecule has 0 aromatic heterocycles. The van der Waals surface area contributed by atoms with Crippen molar-refractivity contribution < 1.29 is 41.9 Å². The van der Waals surface area contributed by atoms with Gasteiger partial charge in [0.15, 0.2) is 4.90 Å². The quantitative estimate of drug-likeness (QED) is 0.129. The highest BCUT2D eigenvalue weighted by Gasteiger charge is 2.50. The number of hydrogen-bond acceptors (Lipinski definition) is 11. The number of hydrogen-bond donors (Lipinski definition) is 2. The van der Waals surface area contributed by atoms with Crippen LogP contribution >= 0.6 is 0 Å². The molecular weight excluding hydrogens is 692 g/mol. The van der Waals surface area contributed by atoms with Crippen LogP contribution < -0.4 is 10.0 Å². The number of amides is 1. The molecule has 2 N–H and O–H groups in total. The second-order valence-electron chi connectivity index (χ2n) is 13.9. The predicted molar refractivity (Wildman–Crippen MR) is 191 cm³/mol. The molecule has 1 saturated heterocycles. The molecule has 0 radical (unpaired) electrons. The molecule has 0 aliphatic carbocycles. The summed E-state index contributed by atoms with van der Waals surface area (Å²) >= 11 is 0. The predicted octanol–water partition coefficient (Wildman–Crippen LogP) is 4.30. The third-order valence-electron chi connectivity index (χ3n) is 8.30. The summed E-state index contributed by atoms with van der Waals surface area (Å²) in [5.74, 6) is -2.25. The number of carbonyl (C=O) groups excluding carboxylic acids is 3. The largest absolute Gasteiger partial charge is 0.468 e. The molecule has 0 unspecified atom stereocenters. The number of sulfonamides is 1. The molecule has 1 fully saturated rings. The van der Waals surface area contributed by atoms with Crippen LogP contribution in [-0.2, 0) is 45.2 Å². The topological polar surface area (TPSA) is 183 Å². The molecule has 3 aromatic carbocycles. The first kappa shape index (κ1) is 40.1. The maximum absolute atomic E-state index is 14.8. The Hall–Kier alpha value is -4.70. The van der Waals surface area contributed by atoms with Crippen LogP contribution in [0.3, 0.4) is 0 Å². The fourth-order valence-electron chi connectivity index (χ4n) is 5.97. The number of benzene rings is 3. The molecule has 0 spiro atoms. The van der Waals surface area contributed by atoms with Gasteiger partial charge in [-0.05, 0) is 50.3 Å². The van der Waals surface area contributed by atoms with Crippen molar-refractivity contribution in [3.05, 3.63) is 106 Å². The van der Waals surface area contributed by atoms with E-state index >= 15 is 0 Å². The van der Waals surface area contributed by atoms with Crippen LogP contribution in [0.25, 0.3) is 0 Å². The first-order valence-electron chi connectivity index (χ1n) is 16.9. The van der Waals surface area contributed by atoms with Gasteiger partial charge in [-0.1, -0.05) is 86.6 Å². The molecule has 0 saturated carbocycles. The molecule has 0 bridgehead atoms. The number of methoxy groups -OCH3 is 1. The molecule has 4 rings (SSSR count). The minimum absolute atomic E-state index is 0.0234. The summed E-state index contributed by atoms with van der Waals surface area (Å²) in [4.78, 5) is 53.7. The van der Waals surface area contributed by atoms with Crippen LogP contribution in [0.1, 0.15) is 58.2 Å². The number of nitrogens with zero attached hydrogens (tertiary/aromatic N) is 2. The van der Waals surface area contributed by atoms with Crippen molar-refractivity contribution in [3.8, 4) is 0 Å². The van der Waals surface area contributed by atoms with Crippen molar-refractivity contribution >= 4 is 33.6 Å². The zero-order valence-corrected chi connectivity index (χ0v) is 30.9. The van der Waals surface area contributed by atoms with E-state index in [1.165, 1.54) is 24.1 Å². The average Bonchev–Trinajstić information content (AvgIpc) is 3.10. The Morgan fingerprint density at radius 2 is 1.56 bits per heavy atom. The van der Waals surface area contributed by atoms with Crippen LogP contribution in [-0.4, -0.2) is 79.6 Å². The van der Waals surface area contributed by atoms with Crippen molar-refractivity contribution in [3.63, 3.8) is 0 Å². The molecule has 1 heterocycles. The lowest BCUT2D eigenvalue weighted by atomic mass is 9.91. The lowest BCUT2D eigenvalue weighted by Crippen LogP contribution is -2.71. The molecular formula is C37H46N4O10S. The fraction of sp³-hybridized carbons (Fsp3) is 0.432. The van der Waals surface area contributed by atoms with E-state index in [1.807, 2.05) is 19.9 Å². The minimum Gasteiger partial charge on any atom is -0.468 e. The Bertz CT molecular complexity index is 1820. The summed E-state index contributed by atoms with van der Waals surface area (Å²) in [5, 5.41) is 14.9. The number of likely N-dealkylation sites (tertiary alicyclic amines) is 1. The van der Waals surface area contributed by atoms with E-state index in [1.54, 1.807) is 75.4 Å². The highest BCUT2D eigenvalue weighted by Crippen LogP contribution is 2.30. The van der Waals surface area contributed by atoms with Crippen molar-refractivity contribution in [2.45, 2.75) is 88.4 Å². The van der Waals surface area contributed by atoms with Crippen molar-refractivity contribution in [1.29, 1.82) is 0 Å². The number of nitro groups is 1. The molecule has 52 heavy (non-hydrogen) atoms. The normalized spacial score (nSPS) is 19.2. The zero-order chi connectivity index (χ0) is 38.2. The average molecular weight is 739 g/mol. The number of rotatable bonds is 15. The highest BCUT2D eigenvalue weighted by molar-refractivity contribution is 7.89. The van der Waals surface area contributed by atoms with Gasteiger partial charge in [0.2, 0.25) is 15.9 Å². The van der Waals surface area contributed by atoms with Gasteiger partial charge in [0.1, 0.15) is 23.7 Å². The van der Waals surface area contributed by atoms with Gasteiger partial charge >= 0.3 is 11.9 Å². The number of piperidine rings is 1. The van der Waals surface area contributed by atoms with Crippen LogP contribution in [0, 0.1) is 16.0 Å². The highest BCUT2D eigenvalue weighted by atomic mass is 32.2. The van der Waals surface area contributed by atoms with Gasteiger partial charge in [0.05, 0.1) is 30.8 Å². The Morgan fingerprint density at radius 3 is 2.13 bits per heavy atom. The number of ether oxygens (including phenoxy) is 3. The Labute approximate surface area is 304 Å². The van der Waals surface area contributed by atoms with Crippen LogP contribution in [0.4, 0.5) is 5.69 Å². The standard InChI is InChI=1S/C37H46N4O10S/c1-24(2)21-28(35(43)51-37(3,4)5)40-22-29(50-23-25-15-9-7-10-16-25)32(39-52(47,48)30-20-14-13-19-27(30)41(45)46)33(34(40)42)38-31(36(44)49-6)26-17-11-8-12-18-26/h7-20,24,28-29,31-33,38-39H,21-23H2,1-6H3/t28-,29+,31-,32-,33+/m0/s1. The second-order valence-corrected chi connectivity index (χ2v) is 15.6. The Morgan fingerprint density at radius 1 is 0.962 bits per heavy atom. The summed E-state index contributed by atoms with van der Waals surface area (Å²) < 4.78 is 47.9. The van der Waals surface area contributed by atoms with Crippen LogP contribution in [0.15, 0.2) is 89.8 Å². The van der Waals surface area contributed by atoms with Gasteiger partial charge in [-0.15, -0.1) is 0 Å².